The summed E-state index contributed by atoms with van der Waals surface area (Å²) in [4.78, 5) is 0.256. The summed E-state index contributed by atoms with van der Waals surface area (Å²) in [6.07, 6.45) is 2.90. The van der Waals surface area contributed by atoms with Crippen LogP contribution < -0.4 is 0 Å². The molecule has 0 radical (unpaired) electrons. The van der Waals surface area contributed by atoms with Crippen molar-refractivity contribution < 1.29 is 21.3 Å². The van der Waals surface area contributed by atoms with Gasteiger partial charge in [0.15, 0.2) is 9.84 Å². The van der Waals surface area contributed by atoms with Crippen molar-refractivity contribution in [2.75, 3.05) is 13.1 Å². The fraction of sp³-hybridized carbons (Fsp3) is 0.444. The van der Waals surface area contributed by atoms with E-state index < -0.39 is 25.1 Å². The van der Waals surface area contributed by atoms with Gasteiger partial charge in [-0.3, -0.25) is 0 Å². The molecule has 0 amide bonds. The van der Waals surface area contributed by atoms with E-state index in [0.29, 0.717) is 18.6 Å². The van der Waals surface area contributed by atoms with Crippen LogP contribution in [-0.2, 0) is 32.0 Å². The molecule has 0 spiro atoms. The molecule has 0 saturated carbocycles. The van der Waals surface area contributed by atoms with Crippen molar-refractivity contribution in [1.29, 1.82) is 0 Å². The zero-order valence-corrected chi connectivity index (χ0v) is 16.3. The third-order valence-electron chi connectivity index (χ3n) is 4.80. The quantitative estimate of drug-likeness (QED) is 0.748. The second kappa shape index (κ2) is 7.54. The van der Waals surface area contributed by atoms with Crippen LogP contribution in [0.5, 0.6) is 0 Å². The maximum atomic E-state index is 12.8. The highest BCUT2D eigenvalue weighted by atomic mass is 32.2. The zero-order valence-electron chi connectivity index (χ0n) is 14.7. The van der Waals surface area contributed by atoms with E-state index in [4.69, 9.17) is 4.42 Å². The van der Waals surface area contributed by atoms with Crippen LogP contribution in [-0.4, -0.2) is 39.5 Å². The molecule has 2 heterocycles. The predicted octanol–water partition coefficient (Wildman–Crippen LogP) is 2.61. The first-order valence-electron chi connectivity index (χ1n) is 8.66. The highest BCUT2D eigenvalue weighted by molar-refractivity contribution is 7.91. The topological polar surface area (TPSA) is 84.7 Å². The Morgan fingerprint density at radius 3 is 2.23 bits per heavy atom. The van der Waals surface area contributed by atoms with Crippen molar-refractivity contribution in [3.8, 4) is 0 Å². The number of hydrogen-bond donors (Lipinski definition) is 0. The molecule has 1 aromatic carbocycles. The summed E-state index contributed by atoms with van der Waals surface area (Å²) < 4.78 is 57.1. The second-order valence-electron chi connectivity index (χ2n) is 6.49. The van der Waals surface area contributed by atoms with E-state index in [1.807, 2.05) is 19.1 Å². The van der Waals surface area contributed by atoms with Gasteiger partial charge in [-0.2, -0.15) is 4.31 Å². The van der Waals surface area contributed by atoms with Crippen molar-refractivity contribution in [3.05, 3.63) is 54.0 Å². The summed E-state index contributed by atoms with van der Waals surface area (Å²) in [5, 5.41) is -0.540. The van der Waals surface area contributed by atoms with Gasteiger partial charge in [-0.15, -0.1) is 0 Å². The first-order chi connectivity index (χ1) is 12.3. The van der Waals surface area contributed by atoms with Crippen molar-refractivity contribution in [2.45, 2.75) is 42.1 Å². The van der Waals surface area contributed by atoms with Crippen LogP contribution in [0.25, 0.3) is 0 Å². The van der Waals surface area contributed by atoms with Crippen molar-refractivity contribution in [2.24, 2.45) is 0 Å². The number of aryl methyl sites for hydroxylation is 1. The molecule has 1 aliphatic rings. The first-order valence-corrected chi connectivity index (χ1v) is 11.8. The molecule has 1 saturated heterocycles. The summed E-state index contributed by atoms with van der Waals surface area (Å²) in [7, 11) is -6.95. The van der Waals surface area contributed by atoms with Gasteiger partial charge in [0.05, 0.1) is 16.4 Å². The minimum absolute atomic E-state index is 0.143. The van der Waals surface area contributed by atoms with Gasteiger partial charge in [-0.1, -0.05) is 19.1 Å². The fourth-order valence-electron chi connectivity index (χ4n) is 3.19. The molecule has 1 fully saturated rings. The summed E-state index contributed by atoms with van der Waals surface area (Å²) in [6.45, 7) is 2.43. The SMILES string of the molecule is CCc1ccc(S(=O)(=O)N2CCC(S(=O)(=O)Cc3ccco3)CC2)cc1. The van der Waals surface area contributed by atoms with Gasteiger partial charge in [0.25, 0.3) is 0 Å². The van der Waals surface area contributed by atoms with Crippen LogP contribution in [0.4, 0.5) is 0 Å². The number of hydrogen-bond acceptors (Lipinski definition) is 5. The van der Waals surface area contributed by atoms with Crippen LogP contribution in [0.3, 0.4) is 0 Å². The van der Waals surface area contributed by atoms with E-state index in [2.05, 4.69) is 0 Å². The highest BCUT2D eigenvalue weighted by Gasteiger charge is 2.35. The van der Waals surface area contributed by atoms with E-state index in [1.54, 1.807) is 24.3 Å². The lowest BCUT2D eigenvalue weighted by Crippen LogP contribution is -2.42. The lowest BCUT2D eigenvalue weighted by atomic mass is 10.2. The molecule has 0 unspecified atom stereocenters. The normalized spacial score (nSPS) is 17.4. The Bertz CT molecular complexity index is 924. The van der Waals surface area contributed by atoms with Gasteiger partial charge in [0, 0.05) is 13.1 Å². The summed E-state index contributed by atoms with van der Waals surface area (Å²) >= 11 is 0. The van der Waals surface area contributed by atoms with Gasteiger partial charge in [0.2, 0.25) is 10.0 Å². The fourth-order valence-corrected chi connectivity index (χ4v) is 6.38. The minimum Gasteiger partial charge on any atom is -0.468 e. The monoisotopic (exact) mass is 397 g/mol. The molecule has 6 nitrogen and oxygen atoms in total. The number of furan rings is 1. The van der Waals surface area contributed by atoms with Gasteiger partial charge >= 0.3 is 0 Å². The standard InChI is InChI=1S/C18H23NO5S2/c1-2-15-5-7-18(8-6-15)26(22,23)19-11-9-17(10-12-19)25(20,21)14-16-4-3-13-24-16/h3-8,13,17H,2,9-12,14H2,1H3. The Balaban J connectivity index is 1.67. The molecule has 0 atom stereocenters. The van der Waals surface area contributed by atoms with Crippen molar-refractivity contribution >= 4 is 19.9 Å². The molecule has 1 aliphatic heterocycles. The predicted molar refractivity (Wildman–Crippen MR) is 98.9 cm³/mol. The Morgan fingerprint density at radius 1 is 1.04 bits per heavy atom. The zero-order chi connectivity index (χ0) is 18.8. The maximum Gasteiger partial charge on any atom is 0.243 e. The van der Waals surface area contributed by atoms with Crippen LogP contribution >= 0.6 is 0 Å². The van der Waals surface area contributed by atoms with Crippen LogP contribution in [0.15, 0.2) is 52.0 Å². The molecule has 2 aromatic rings. The summed E-state index contributed by atoms with van der Waals surface area (Å²) in [5.41, 5.74) is 1.08. The molecular formula is C18H23NO5S2. The second-order valence-corrected chi connectivity index (χ2v) is 10.7. The molecule has 1 aromatic heterocycles. The third kappa shape index (κ3) is 4.02. The van der Waals surface area contributed by atoms with Crippen LogP contribution in [0, 0.1) is 0 Å². The molecule has 26 heavy (non-hydrogen) atoms. The van der Waals surface area contributed by atoms with E-state index >= 15 is 0 Å². The Hall–Kier alpha value is -1.64. The first kappa shape index (κ1) is 19.1. The molecule has 142 valence electrons. The van der Waals surface area contributed by atoms with Crippen molar-refractivity contribution in [1.82, 2.24) is 4.31 Å². The number of piperidine rings is 1. The number of sulfone groups is 1. The Kier molecular flexibility index (Phi) is 5.55. The smallest absolute Gasteiger partial charge is 0.243 e. The van der Waals surface area contributed by atoms with Gasteiger partial charge in [0.1, 0.15) is 11.5 Å². The number of nitrogens with zero attached hydrogens (tertiary/aromatic N) is 1. The lowest BCUT2D eigenvalue weighted by molar-refractivity contribution is 0.345. The third-order valence-corrected chi connectivity index (χ3v) is 8.89. The van der Waals surface area contributed by atoms with E-state index in [1.165, 1.54) is 10.6 Å². The number of sulfonamides is 1. The molecule has 0 aliphatic carbocycles. The largest absolute Gasteiger partial charge is 0.468 e. The van der Waals surface area contributed by atoms with Gasteiger partial charge in [-0.05, 0) is 49.1 Å². The summed E-state index contributed by atoms with van der Waals surface area (Å²) in [5.74, 6) is 0.270. The number of benzene rings is 1. The summed E-state index contributed by atoms with van der Waals surface area (Å²) in [6, 6.07) is 10.2. The van der Waals surface area contributed by atoms with E-state index in [-0.39, 0.29) is 23.7 Å². The van der Waals surface area contributed by atoms with Crippen LogP contribution in [0.1, 0.15) is 31.1 Å². The number of rotatable bonds is 6. The maximum absolute atomic E-state index is 12.8. The Morgan fingerprint density at radius 2 is 1.69 bits per heavy atom. The van der Waals surface area contributed by atoms with E-state index in [0.717, 1.165) is 12.0 Å². The van der Waals surface area contributed by atoms with Crippen LogP contribution in [0.2, 0.25) is 0 Å². The Labute approximate surface area is 154 Å². The van der Waals surface area contributed by atoms with Crippen molar-refractivity contribution in [3.63, 3.8) is 0 Å². The molecule has 0 bridgehead atoms. The van der Waals surface area contributed by atoms with Gasteiger partial charge < -0.3 is 4.42 Å². The highest BCUT2D eigenvalue weighted by Crippen LogP contribution is 2.26. The van der Waals surface area contributed by atoms with E-state index in [9.17, 15) is 16.8 Å². The van der Waals surface area contributed by atoms with Gasteiger partial charge in [-0.25, -0.2) is 16.8 Å². The average molecular weight is 398 g/mol. The minimum atomic E-state index is -3.59. The molecule has 3 rings (SSSR count). The average Bonchev–Trinajstić information content (AvgIpc) is 3.14. The lowest BCUT2D eigenvalue weighted by Gasteiger charge is -2.30. The molecule has 8 heteroatoms. The molecular weight excluding hydrogens is 374 g/mol. The molecule has 0 N–H and O–H groups in total.